The number of alkyl carbamates (subject to hydrolysis) is 1. The number of carbonyl (C=O) groups is 4. The van der Waals surface area contributed by atoms with Gasteiger partial charge in [-0.05, 0) is 29.2 Å². The molecule has 4 rings (SSSR count). The minimum Gasteiger partial charge on any atom is -0.480 e. The predicted molar refractivity (Wildman–Crippen MR) is 122 cm³/mol. The molecular weight excluding hydrogens is 456 g/mol. The molecule has 184 valence electrons. The maximum absolute atomic E-state index is 13.0. The zero-order chi connectivity index (χ0) is 25.1. The zero-order valence-corrected chi connectivity index (χ0v) is 19.0. The van der Waals surface area contributed by atoms with Crippen molar-refractivity contribution in [2.24, 2.45) is 0 Å². The number of carbonyl (C=O) groups excluding carboxylic acids is 3. The Labute approximate surface area is 201 Å². The lowest BCUT2D eigenvalue weighted by atomic mass is 9.98. The summed E-state index contributed by atoms with van der Waals surface area (Å²) in [6.07, 6.45) is -2.26. The molecular formula is C25H26N2O8. The topological polar surface area (TPSA) is 142 Å². The summed E-state index contributed by atoms with van der Waals surface area (Å²) in [7, 11) is 0. The largest absolute Gasteiger partial charge is 0.480 e. The van der Waals surface area contributed by atoms with Crippen molar-refractivity contribution in [2.75, 3.05) is 19.8 Å². The normalized spacial score (nSPS) is 19.4. The van der Waals surface area contributed by atoms with Gasteiger partial charge >= 0.3 is 18.0 Å². The second kappa shape index (κ2) is 10.1. The number of fused-ring (bicyclic) bond motifs is 3. The minimum absolute atomic E-state index is 0.0379. The predicted octanol–water partition coefficient (Wildman–Crippen LogP) is 1.50. The molecule has 2 aromatic rings. The number of aliphatic carboxylic acids is 1. The molecule has 10 nitrogen and oxygen atoms in total. The second-order valence-electron chi connectivity index (χ2n) is 8.39. The van der Waals surface area contributed by atoms with Crippen LogP contribution in [0.2, 0.25) is 0 Å². The average Bonchev–Trinajstić information content (AvgIpc) is 3.39. The van der Waals surface area contributed by atoms with Crippen LogP contribution >= 0.6 is 0 Å². The highest BCUT2D eigenvalue weighted by molar-refractivity contribution is 6.05. The first-order valence-corrected chi connectivity index (χ1v) is 11.3. The third-order valence-corrected chi connectivity index (χ3v) is 6.22. The molecule has 1 aliphatic heterocycles. The van der Waals surface area contributed by atoms with Gasteiger partial charge < -0.3 is 24.6 Å². The molecule has 2 aliphatic rings. The van der Waals surface area contributed by atoms with Crippen LogP contribution in [0.25, 0.3) is 11.1 Å². The summed E-state index contributed by atoms with van der Waals surface area (Å²) in [5.74, 6) is -3.58. The zero-order valence-electron chi connectivity index (χ0n) is 19.0. The van der Waals surface area contributed by atoms with Gasteiger partial charge in [0.05, 0.1) is 12.7 Å². The number of carboxylic acids is 1. The van der Waals surface area contributed by atoms with Crippen molar-refractivity contribution in [3.8, 4) is 11.1 Å². The van der Waals surface area contributed by atoms with Gasteiger partial charge in [-0.2, -0.15) is 0 Å². The average molecular weight is 482 g/mol. The highest BCUT2D eigenvalue weighted by atomic mass is 16.6. The number of benzene rings is 2. The summed E-state index contributed by atoms with van der Waals surface area (Å²) >= 11 is 0. The Bertz CT molecular complexity index is 1100. The van der Waals surface area contributed by atoms with Crippen LogP contribution in [0.5, 0.6) is 0 Å². The van der Waals surface area contributed by atoms with E-state index in [2.05, 4.69) is 5.32 Å². The standard InChI is InChI=1S/C25H26N2O8/c1-2-34-24(32)21(22(29)27-12-14(28)11-20(27)23(30)31)26-25(33)35-13-19-17-9-5-3-7-15(17)16-8-4-6-10-18(16)19/h3-10,14,19-21,28H,2,11-13H2,1H3,(H,26,33)(H,30,31)/t14-,20-,21?/m1/s1. The fourth-order valence-corrected chi connectivity index (χ4v) is 4.66. The van der Waals surface area contributed by atoms with Gasteiger partial charge in [0.25, 0.3) is 5.91 Å². The quantitative estimate of drug-likeness (QED) is 0.398. The van der Waals surface area contributed by atoms with E-state index in [-0.39, 0.29) is 32.1 Å². The van der Waals surface area contributed by atoms with Crippen LogP contribution in [-0.4, -0.2) is 77.0 Å². The van der Waals surface area contributed by atoms with Crippen LogP contribution < -0.4 is 5.32 Å². The summed E-state index contributed by atoms with van der Waals surface area (Å²) in [5.41, 5.74) is 4.08. The number of likely N-dealkylation sites (tertiary alicyclic amines) is 1. The van der Waals surface area contributed by atoms with Crippen LogP contribution in [-0.2, 0) is 23.9 Å². The number of carboxylic acid groups (broad SMARTS) is 1. The Morgan fingerprint density at radius 3 is 2.20 bits per heavy atom. The van der Waals surface area contributed by atoms with Crippen LogP contribution in [0.15, 0.2) is 48.5 Å². The Morgan fingerprint density at radius 1 is 1.03 bits per heavy atom. The van der Waals surface area contributed by atoms with Gasteiger partial charge in [0.2, 0.25) is 6.04 Å². The number of esters is 1. The van der Waals surface area contributed by atoms with E-state index < -0.39 is 42.1 Å². The fraction of sp³-hybridized carbons (Fsp3) is 0.360. The lowest BCUT2D eigenvalue weighted by molar-refractivity contribution is -0.156. The van der Waals surface area contributed by atoms with Gasteiger partial charge in [-0.25, -0.2) is 14.4 Å². The van der Waals surface area contributed by atoms with E-state index in [9.17, 15) is 29.4 Å². The van der Waals surface area contributed by atoms with E-state index in [1.54, 1.807) is 0 Å². The van der Waals surface area contributed by atoms with Gasteiger partial charge in [-0.1, -0.05) is 48.5 Å². The van der Waals surface area contributed by atoms with Crippen LogP contribution in [0.4, 0.5) is 4.79 Å². The molecule has 0 saturated carbocycles. The second-order valence-corrected chi connectivity index (χ2v) is 8.39. The number of hydrogen-bond acceptors (Lipinski definition) is 7. The number of nitrogens with zero attached hydrogens (tertiary/aromatic N) is 1. The first-order chi connectivity index (χ1) is 16.8. The van der Waals surface area contributed by atoms with E-state index in [0.29, 0.717) is 0 Å². The Hall–Kier alpha value is -3.92. The Morgan fingerprint density at radius 2 is 1.63 bits per heavy atom. The summed E-state index contributed by atoms with van der Waals surface area (Å²) in [6, 6.07) is 12.4. The molecule has 3 atom stereocenters. The lowest BCUT2D eigenvalue weighted by Gasteiger charge is -2.26. The summed E-state index contributed by atoms with van der Waals surface area (Å²) in [4.78, 5) is 50.5. The minimum atomic E-state index is -1.81. The van der Waals surface area contributed by atoms with Crippen LogP contribution in [0, 0.1) is 0 Å². The number of amides is 2. The first-order valence-electron chi connectivity index (χ1n) is 11.3. The number of rotatable bonds is 7. The SMILES string of the molecule is CCOC(=O)C(NC(=O)OCC1c2ccccc2-c2ccccc21)C(=O)N1C[C@H](O)C[C@@H]1C(=O)O. The molecule has 35 heavy (non-hydrogen) atoms. The van der Waals surface area contributed by atoms with Crippen molar-refractivity contribution in [1.29, 1.82) is 0 Å². The smallest absolute Gasteiger partial charge is 0.408 e. The first kappa shape index (κ1) is 24.2. The molecule has 2 amide bonds. The number of ether oxygens (including phenoxy) is 2. The fourth-order valence-electron chi connectivity index (χ4n) is 4.66. The van der Waals surface area contributed by atoms with E-state index in [0.717, 1.165) is 27.2 Å². The molecule has 1 unspecified atom stereocenters. The molecule has 0 radical (unpaired) electrons. The molecule has 3 N–H and O–H groups in total. The molecule has 0 aromatic heterocycles. The van der Waals surface area contributed by atoms with Crippen molar-refractivity contribution < 1.29 is 38.9 Å². The molecule has 1 heterocycles. The van der Waals surface area contributed by atoms with E-state index >= 15 is 0 Å². The number of nitrogens with one attached hydrogen (secondary N) is 1. The number of aliphatic hydroxyl groups excluding tert-OH is 1. The van der Waals surface area contributed by atoms with Gasteiger partial charge in [0.1, 0.15) is 12.6 Å². The van der Waals surface area contributed by atoms with Crippen molar-refractivity contribution in [1.82, 2.24) is 10.2 Å². The molecule has 2 aromatic carbocycles. The van der Waals surface area contributed by atoms with E-state index in [4.69, 9.17) is 9.47 Å². The Balaban J connectivity index is 1.48. The lowest BCUT2D eigenvalue weighted by Crippen LogP contribution is -2.55. The molecule has 1 fully saturated rings. The van der Waals surface area contributed by atoms with Crippen molar-refractivity contribution in [3.63, 3.8) is 0 Å². The highest BCUT2D eigenvalue weighted by Crippen LogP contribution is 2.44. The highest BCUT2D eigenvalue weighted by Gasteiger charge is 2.44. The van der Waals surface area contributed by atoms with Crippen molar-refractivity contribution >= 4 is 23.9 Å². The molecule has 10 heteroatoms. The summed E-state index contributed by atoms with van der Waals surface area (Å²) in [6.45, 7) is 1.16. The van der Waals surface area contributed by atoms with Crippen LogP contribution in [0.3, 0.4) is 0 Å². The summed E-state index contributed by atoms with van der Waals surface area (Å²) < 4.78 is 10.3. The van der Waals surface area contributed by atoms with Gasteiger partial charge in [-0.15, -0.1) is 0 Å². The van der Waals surface area contributed by atoms with Gasteiger partial charge in [-0.3, -0.25) is 10.1 Å². The third kappa shape index (κ3) is 4.83. The van der Waals surface area contributed by atoms with E-state index in [1.807, 2.05) is 48.5 Å². The van der Waals surface area contributed by atoms with Crippen molar-refractivity contribution in [3.05, 3.63) is 59.7 Å². The summed E-state index contributed by atoms with van der Waals surface area (Å²) in [5, 5.41) is 21.5. The van der Waals surface area contributed by atoms with Crippen LogP contribution in [0.1, 0.15) is 30.4 Å². The Kier molecular flexibility index (Phi) is 7.02. The number of β-amino-alcohol motifs (C(OH)–C–C–N with tert-alkyl or cyclic N) is 1. The molecule has 1 aliphatic carbocycles. The molecule has 1 saturated heterocycles. The maximum Gasteiger partial charge on any atom is 0.408 e. The van der Waals surface area contributed by atoms with Gasteiger partial charge in [0.15, 0.2) is 0 Å². The third-order valence-electron chi connectivity index (χ3n) is 6.22. The van der Waals surface area contributed by atoms with Crippen molar-refractivity contribution in [2.45, 2.75) is 37.5 Å². The maximum atomic E-state index is 13.0. The molecule has 0 bridgehead atoms. The van der Waals surface area contributed by atoms with Gasteiger partial charge in [0, 0.05) is 18.9 Å². The number of hydrogen-bond donors (Lipinski definition) is 3. The molecule has 0 spiro atoms. The van der Waals surface area contributed by atoms with E-state index in [1.165, 1.54) is 6.92 Å². The number of aliphatic hydroxyl groups is 1. The monoisotopic (exact) mass is 482 g/mol.